The summed E-state index contributed by atoms with van der Waals surface area (Å²) in [6.45, 7) is 0. The second-order valence-electron chi connectivity index (χ2n) is 7.70. The molecule has 2 heterocycles. The van der Waals surface area contributed by atoms with Crippen molar-refractivity contribution in [3.8, 4) is 0 Å². The lowest BCUT2D eigenvalue weighted by Gasteiger charge is -2.23. The quantitative estimate of drug-likeness (QED) is 0.624. The van der Waals surface area contributed by atoms with Gasteiger partial charge in [0.25, 0.3) is 5.91 Å². The molecule has 0 N–H and O–H groups in total. The van der Waals surface area contributed by atoms with E-state index in [9.17, 15) is 4.79 Å². The average molecular weight is 415 g/mol. The molecule has 0 aromatic heterocycles. The van der Waals surface area contributed by atoms with Gasteiger partial charge in [0.05, 0.1) is 17.5 Å². The van der Waals surface area contributed by atoms with Crippen LogP contribution in [0.1, 0.15) is 23.6 Å². The second kappa shape index (κ2) is 7.61. The molecule has 6 heteroatoms. The molecule has 30 heavy (non-hydrogen) atoms. The maximum atomic E-state index is 11.8. The lowest BCUT2D eigenvalue weighted by molar-refractivity contribution is -0.115. The molecular formula is C24H22N4OS. The third-order valence-corrected chi connectivity index (χ3v) is 6.47. The van der Waals surface area contributed by atoms with Crippen molar-refractivity contribution in [1.29, 1.82) is 0 Å². The van der Waals surface area contributed by atoms with Gasteiger partial charge in [0.2, 0.25) is 0 Å². The number of hydrazone groups is 1. The molecule has 2 aliphatic heterocycles. The van der Waals surface area contributed by atoms with Gasteiger partial charge in [0.1, 0.15) is 0 Å². The molecule has 0 aliphatic carbocycles. The zero-order valence-corrected chi connectivity index (χ0v) is 17.8. The van der Waals surface area contributed by atoms with E-state index in [2.05, 4.69) is 76.6 Å². The highest BCUT2D eigenvalue weighted by atomic mass is 32.2. The number of carbonyl (C=O) groups is 1. The van der Waals surface area contributed by atoms with Crippen LogP contribution < -0.4 is 4.90 Å². The normalized spacial score (nSPS) is 18.7. The van der Waals surface area contributed by atoms with E-state index < -0.39 is 0 Å². The zero-order valence-electron chi connectivity index (χ0n) is 16.9. The molecule has 3 aromatic rings. The average Bonchev–Trinajstić information content (AvgIpc) is 3.40. The number of amidine groups is 1. The van der Waals surface area contributed by atoms with Crippen molar-refractivity contribution in [3.63, 3.8) is 0 Å². The first-order chi connectivity index (χ1) is 14.6. The Bertz CT molecular complexity index is 1180. The van der Waals surface area contributed by atoms with Crippen molar-refractivity contribution < 1.29 is 4.79 Å². The lowest BCUT2D eigenvalue weighted by Crippen LogP contribution is -2.23. The number of rotatable bonds is 3. The minimum absolute atomic E-state index is 0.0207. The molecule has 3 aromatic carbocycles. The summed E-state index contributed by atoms with van der Waals surface area (Å²) < 4.78 is 0. The fourth-order valence-corrected chi connectivity index (χ4v) is 4.78. The highest BCUT2D eigenvalue weighted by Crippen LogP contribution is 2.37. The largest absolute Gasteiger partial charge is 0.378 e. The van der Waals surface area contributed by atoms with E-state index in [1.54, 1.807) is 0 Å². The lowest BCUT2D eigenvalue weighted by atomic mass is 9.95. The van der Waals surface area contributed by atoms with Gasteiger partial charge in [-0.1, -0.05) is 66.4 Å². The number of aliphatic imine (C=N–C) groups is 1. The van der Waals surface area contributed by atoms with Gasteiger partial charge in [-0.15, -0.1) is 0 Å². The predicted molar refractivity (Wildman–Crippen MR) is 125 cm³/mol. The van der Waals surface area contributed by atoms with Crippen LogP contribution in [-0.4, -0.2) is 41.6 Å². The van der Waals surface area contributed by atoms with Crippen LogP contribution in [0.15, 0.2) is 76.8 Å². The van der Waals surface area contributed by atoms with Crippen LogP contribution in [0.3, 0.4) is 0 Å². The van der Waals surface area contributed by atoms with Crippen LogP contribution in [0.5, 0.6) is 0 Å². The zero-order chi connectivity index (χ0) is 20.7. The molecule has 0 spiro atoms. The summed E-state index contributed by atoms with van der Waals surface area (Å²) >= 11 is 1.47. The van der Waals surface area contributed by atoms with Crippen molar-refractivity contribution >= 4 is 45.0 Å². The number of anilines is 1. The Morgan fingerprint density at radius 1 is 1.00 bits per heavy atom. The molecular weight excluding hydrogens is 392 g/mol. The van der Waals surface area contributed by atoms with Crippen LogP contribution >= 0.6 is 11.8 Å². The molecule has 5 rings (SSSR count). The number of benzene rings is 3. The molecule has 0 saturated heterocycles. The van der Waals surface area contributed by atoms with E-state index in [0.717, 1.165) is 23.4 Å². The summed E-state index contributed by atoms with van der Waals surface area (Å²) in [5, 5.41) is 10.0. The molecule has 0 radical (unpaired) electrons. The van der Waals surface area contributed by atoms with E-state index in [-0.39, 0.29) is 11.9 Å². The highest BCUT2D eigenvalue weighted by molar-refractivity contribution is 8.14. The maximum Gasteiger partial charge on any atom is 0.258 e. The number of fused-ring (bicyclic) bond motifs is 1. The molecule has 0 bridgehead atoms. The van der Waals surface area contributed by atoms with Crippen LogP contribution in [0.4, 0.5) is 5.69 Å². The Morgan fingerprint density at radius 3 is 2.50 bits per heavy atom. The highest BCUT2D eigenvalue weighted by Gasteiger charge is 2.35. The topological polar surface area (TPSA) is 48.3 Å². The standard InChI is InChI=1S/C24H22N4OS/c1-27(2)18-12-10-17(11-13-18)22-14-21(26-28(22)24-25-23(29)15-30-24)20-9-5-7-16-6-3-4-8-19(16)20/h3-13,22H,14-15H2,1-2H3. The van der Waals surface area contributed by atoms with Crippen molar-refractivity contribution in [1.82, 2.24) is 5.01 Å². The summed E-state index contributed by atoms with van der Waals surface area (Å²) in [5.41, 5.74) is 4.49. The molecule has 1 atom stereocenters. The fraction of sp³-hybridized carbons (Fsp3) is 0.208. The summed E-state index contributed by atoms with van der Waals surface area (Å²) in [7, 11) is 4.07. The van der Waals surface area contributed by atoms with Gasteiger partial charge in [-0.2, -0.15) is 10.1 Å². The third kappa shape index (κ3) is 3.37. The van der Waals surface area contributed by atoms with E-state index in [0.29, 0.717) is 10.9 Å². The molecule has 150 valence electrons. The summed E-state index contributed by atoms with van der Waals surface area (Å²) in [4.78, 5) is 18.1. The predicted octanol–water partition coefficient (Wildman–Crippen LogP) is 4.69. The minimum atomic E-state index is -0.0921. The first kappa shape index (κ1) is 18.9. The Kier molecular flexibility index (Phi) is 4.79. The summed E-state index contributed by atoms with van der Waals surface area (Å²) in [6.07, 6.45) is 0.767. The van der Waals surface area contributed by atoms with E-state index in [4.69, 9.17) is 5.10 Å². The SMILES string of the molecule is CN(C)c1ccc(C2CC(c3cccc4ccccc34)=NN2C2=NC(=O)CS2)cc1. The van der Waals surface area contributed by atoms with Gasteiger partial charge in [-0.05, 0) is 28.5 Å². The molecule has 5 nitrogen and oxygen atoms in total. The van der Waals surface area contributed by atoms with E-state index >= 15 is 0 Å². The van der Waals surface area contributed by atoms with Gasteiger partial charge in [0.15, 0.2) is 5.17 Å². The maximum absolute atomic E-state index is 11.8. The van der Waals surface area contributed by atoms with Gasteiger partial charge in [-0.25, -0.2) is 5.01 Å². The van der Waals surface area contributed by atoms with Crippen LogP contribution in [0, 0.1) is 0 Å². The Balaban J connectivity index is 1.57. The number of amides is 1. The minimum Gasteiger partial charge on any atom is -0.378 e. The van der Waals surface area contributed by atoms with Gasteiger partial charge < -0.3 is 4.90 Å². The van der Waals surface area contributed by atoms with E-state index in [1.807, 2.05) is 19.1 Å². The second-order valence-corrected chi connectivity index (χ2v) is 8.64. The summed E-state index contributed by atoms with van der Waals surface area (Å²) in [6, 6.07) is 23.3. The fourth-order valence-electron chi connectivity index (χ4n) is 4.00. The Hall–Kier alpha value is -3.12. The van der Waals surface area contributed by atoms with Crippen molar-refractivity contribution in [3.05, 3.63) is 77.9 Å². The van der Waals surface area contributed by atoms with Crippen LogP contribution in [0.2, 0.25) is 0 Å². The number of hydrogen-bond acceptors (Lipinski definition) is 5. The summed E-state index contributed by atoms with van der Waals surface area (Å²) in [5.74, 6) is 0.294. The van der Waals surface area contributed by atoms with Crippen molar-refractivity contribution in [2.45, 2.75) is 12.5 Å². The monoisotopic (exact) mass is 414 g/mol. The Morgan fingerprint density at radius 2 is 1.77 bits per heavy atom. The molecule has 0 fully saturated rings. The van der Waals surface area contributed by atoms with Gasteiger partial charge >= 0.3 is 0 Å². The van der Waals surface area contributed by atoms with Crippen LogP contribution in [-0.2, 0) is 4.79 Å². The molecule has 0 saturated carbocycles. The van der Waals surface area contributed by atoms with E-state index in [1.165, 1.54) is 28.1 Å². The molecule has 1 unspecified atom stereocenters. The van der Waals surface area contributed by atoms with Crippen molar-refractivity contribution in [2.75, 3.05) is 24.7 Å². The smallest absolute Gasteiger partial charge is 0.258 e. The Labute approximate surface area is 180 Å². The van der Waals surface area contributed by atoms with Crippen molar-refractivity contribution in [2.24, 2.45) is 10.1 Å². The number of nitrogens with zero attached hydrogens (tertiary/aromatic N) is 4. The van der Waals surface area contributed by atoms with Crippen LogP contribution in [0.25, 0.3) is 10.8 Å². The number of thioether (sulfide) groups is 1. The molecule has 1 amide bonds. The van der Waals surface area contributed by atoms with Gasteiger partial charge in [-0.3, -0.25) is 4.79 Å². The first-order valence-electron chi connectivity index (χ1n) is 9.96. The third-order valence-electron chi connectivity index (χ3n) is 5.55. The number of hydrogen-bond donors (Lipinski definition) is 0. The number of carbonyl (C=O) groups excluding carboxylic acids is 1. The van der Waals surface area contributed by atoms with Gasteiger partial charge in [0, 0.05) is 31.8 Å². The molecule has 2 aliphatic rings. The first-order valence-corrected chi connectivity index (χ1v) is 10.9.